The third-order valence-electron chi connectivity index (χ3n) is 3.21. The van der Waals surface area contributed by atoms with Crippen molar-refractivity contribution < 1.29 is 9.53 Å². The Labute approximate surface area is 152 Å². The average molecular weight is 382 g/mol. The maximum Gasteiger partial charge on any atom is 0.234 e. The van der Waals surface area contributed by atoms with Crippen LogP contribution in [0.25, 0.3) is 11.0 Å². The minimum atomic E-state index is -0.178. The number of nitrogens with one attached hydrogen (secondary N) is 2. The zero-order chi connectivity index (χ0) is 17.1. The van der Waals surface area contributed by atoms with Gasteiger partial charge in [-0.15, -0.1) is 0 Å². The molecule has 2 N–H and O–H groups in total. The Bertz CT molecular complexity index is 898. The van der Waals surface area contributed by atoms with Crippen molar-refractivity contribution in [3.63, 3.8) is 0 Å². The number of ether oxygens (including phenoxy) is 1. The van der Waals surface area contributed by atoms with Crippen LogP contribution in [0.5, 0.6) is 5.75 Å². The van der Waals surface area contributed by atoms with Gasteiger partial charge in [-0.05, 0) is 30.3 Å². The van der Waals surface area contributed by atoms with E-state index in [4.69, 9.17) is 27.9 Å². The summed E-state index contributed by atoms with van der Waals surface area (Å²) >= 11 is 13.2. The lowest BCUT2D eigenvalue weighted by Crippen LogP contribution is -2.14. The van der Waals surface area contributed by atoms with Crippen molar-refractivity contribution in [2.45, 2.75) is 5.16 Å². The number of benzene rings is 2. The summed E-state index contributed by atoms with van der Waals surface area (Å²) in [5.74, 6) is 0.774. The van der Waals surface area contributed by atoms with E-state index in [-0.39, 0.29) is 11.7 Å². The number of anilines is 1. The molecule has 0 radical (unpaired) electrons. The van der Waals surface area contributed by atoms with Crippen molar-refractivity contribution >= 4 is 57.6 Å². The van der Waals surface area contributed by atoms with Crippen molar-refractivity contribution in [1.29, 1.82) is 0 Å². The third kappa shape index (κ3) is 3.95. The zero-order valence-electron chi connectivity index (χ0n) is 12.6. The maximum absolute atomic E-state index is 12.1. The second-order valence-electron chi connectivity index (χ2n) is 4.89. The minimum absolute atomic E-state index is 0.178. The molecule has 124 valence electrons. The summed E-state index contributed by atoms with van der Waals surface area (Å²) in [7, 11) is 1.61. The molecule has 0 bridgehead atoms. The highest BCUT2D eigenvalue weighted by atomic mass is 35.5. The first-order chi connectivity index (χ1) is 11.5. The van der Waals surface area contributed by atoms with Crippen LogP contribution in [-0.4, -0.2) is 28.7 Å². The molecule has 2 aromatic carbocycles. The second-order valence-corrected chi connectivity index (χ2v) is 6.69. The smallest absolute Gasteiger partial charge is 0.234 e. The van der Waals surface area contributed by atoms with Gasteiger partial charge < -0.3 is 15.0 Å². The fraction of sp³-hybridized carbons (Fsp3) is 0.125. The number of thioether (sulfide) groups is 1. The van der Waals surface area contributed by atoms with E-state index in [9.17, 15) is 4.79 Å². The van der Waals surface area contributed by atoms with E-state index in [1.165, 1.54) is 11.8 Å². The van der Waals surface area contributed by atoms with Crippen LogP contribution >= 0.6 is 35.0 Å². The molecule has 0 aliphatic rings. The summed E-state index contributed by atoms with van der Waals surface area (Å²) in [4.78, 5) is 19.6. The van der Waals surface area contributed by atoms with E-state index in [1.807, 2.05) is 18.2 Å². The number of halogens is 2. The van der Waals surface area contributed by atoms with Crippen LogP contribution in [0.15, 0.2) is 41.6 Å². The predicted octanol–water partition coefficient (Wildman–Crippen LogP) is 4.61. The van der Waals surface area contributed by atoms with Gasteiger partial charge in [-0.1, -0.05) is 35.0 Å². The molecule has 0 unspecified atom stereocenters. The number of aromatic nitrogens is 2. The van der Waals surface area contributed by atoms with Crippen molar-refractivity contribution in [2.75, 3.05) is 18.2 Å². The maximum atomic E-state index is 12.1. The monoisotopic (exact) mass is 381 g/mol. The van der Waals surface area contributed by atoms with E-state index in [2.05, 4.69) is 15.3 Å². The van der Waals surface area contributed by atoms with Crippen LogP contribution in [0.3, 0.4) is 0 Å². The predicted molar refractivity (Wildman–Crippen MR) is 98.5 cm³/mol. The van der Waals surface area contributed by atoms with E-state index >= 15 is 0 Å². The quantitative estimate of drug-likeness (QED) is 0.633. The molecular formula is C16H13Cl2N3O2S. The Hall–Kier alpha value is -1.89. The Kier molecular flexibility index (Phi) is 5.18. The number of H-pyrrole nitrogens is 1. The fourth-order valence-electron chi connectivity index (χ4n) is 2.07. The fourth-order valence-corrected chi connectivity index (χ4v) is 3.21. The molecule has 1 aromatic heterocycles. The minimum Gasteiger partial charge on any atom is -0.497 e. The van der Waals surface area contributed by atoms with Crippen molar-refractivity contribution in [2.24, 2.45) is 0 Å². The Morgan fingerprint density at radius 3 is 2.88 bits per heavy atom. The molecule has 8 heteroatoms. The Balaban J connectivity index is 1.63. The van der Waals surface area contributed by atoms with Gasteiger partial charge in [-0.25, -0.2) is 4.98 Å². The van der Waals surface area contributed by atoms with Gasteiger partial charge in [0.05, 0.1) is 34.6 Å². The number of carbonyl (C=O) groups is 1. The van der Waals surface area contributed by atoms with E-state index < -0.39 is 0 Å². The summed E-state index contributed by atoms with van der Waals surface area (Å²) < 4.78 is 5.18. The van der Waals surface area contributed by atoms with Gasteiger partial charge in [0.2, 0.25) is 5.91 Å². The lowest BCUT2D eigenvalue weighted by molar-refractivity contribution is -0.113. The number of amides is 1. The lowest BCUT2D eigenvalue weighted by Gasteiger charge is -2.06. The molecule has 1 amide bonds. The molecule has 5 nitrogen and oxygen atoms in total. The SMILES string of the molecule is COc1ccc2nc(SCC(=O)Nc3ccc(Cl)cc3Cl)[nH]c2c1. The highest BCUT2D eigenvalue weighted by molar-refractivity contribution is 7.99. The van der Waals surface area contributed by atoms with Gasteiger partial charge in [0.15, 0.2) is 5.16 Å². The Morgan fingerprint density at radius 1 is 1.29 bits per heavy atom. The number of hydrogen-bond acceptors (Lipinski definition) is 4. The van der Waals surface area contributed by atoms with Crippen LogP contribution in [0.4, 0.5) is 5.69 Å². The summed E-state index contributed by atoms with van der Waals surface area (Å²) in [6.45, 7) is 0. The first-order valence-corrected chi connectivity index (χ1v) is 8.71. The molecule has 3 aromatic rings. The molecule has 0 atom stereocenters. The van der Waals surface area contributed by atoms with E-state index in [1.54, 1.807) is 25.3 Å². The molecule has 0 saturated heterocycles. The number of fused-ring (bicyclic) bond motifs is 1. The highest BCUT2D eigenvalue weighted by Gasteiger charge is 2.10. The van der Waals surface area contributed by atoms with Crippen LogP contribution in [0, 0.1) is 0 Å². The first kappa shape index (κ1) is 17.0. The molecule has 0 saturated carbocycles. The summed E-state index contributed by atoms with van der Waals surface area (Å²) in [5, 5.41) is 4.33. The van der Waals surface area contributed by atoms with Gasteiger partial charge in [-0.3, -0.25) is 4.79 Å². The topological polar surface area (TPSA) is 67.0 Å². The van der Waals surface area contributed by atoms with Crippen LogP contribution in [0.1, 0.15) is 0 Å². The number of hydrogen-bond donors (Lipinski definition) is 2. The summed E-state index contributed by atoms with van der Waals surface area (Å²) in [5.41, 5.74) is 2.21. The zero-order valence-corrected chi connectivity index (χ0v) is 14.9. The van der Waals surface area contributed by atoms with Gasteiger partial charge in [0, 0.05) is 11.1 Å². The lowest BCUT2D eigenvalue weighted by atomic mass is 10.3. The normalized spacial score (nSPS) is 10.8. The molecule has 0 aliphatic heterocycles. The standard InChI is InChI=1S/C16H13Cl2N3O2S/c1-23-10-3-5-13-14(7-10)21-16(20-13)24-8-15(22)19-12-4-2-9(17)6-11(12)18/h2-7H,8H2,1H3,(H,19,22)(H,20,21). The summed E-state index contributed by atoms with van der Waals surface area (Å²) in [6.07, 6.45) is 0. The second kappa shape index (κ2) is 7.34. The molecule has 1 heterocycles. The Morgan fingerprint density at radius 2 is 2.12 bits per heavy atom. The number of methoxy groups -OCH3 is 1. The molecule has 3 rings (SSSR count). The highest BCUT2D eigenvalue weighted by Crippen LogP contribution is 2.26. The van der Waals surface area contributed by atoms with Crippen LogP contribution < -0.4 is 10.1 Å². The van der Waals surface area contributed by atoms with Crippen molar-refractivity contribution in [1.82, 2.24) is 9.97 Å². The number of nitrogens with zero attached hydrogens (tertiary/aromatic N) is 1. The van der Waals surface area contributed by atoms with Gasteiger partial charge in [-0.2, -0.15) is 0 Å². The average Bonchev–Trinajstić information content (AvgIpc) is 2.97. The molecule has 24 heavy (non-hydrogen) atoms. The molecular weight excluding hydrogens is 369 g/mol. The van der Waals surface area contributed by atoms with Crippen LogP contribution in [-0.2, 0) is 4.79 Å². The van der Waals surface area contributed by atoms with Crippen molar-refractivity contribution in [3.05, 3.63) is 46.4 Å². The van der Waals surface area contributed by atoms with Crippen LogP contribution in [0.2, 0.25) is 10.0 Å². The number of imidazole rings is 1. The largest absolute Gasteiger partial charge is 0.497 e. The summed E-state index contributed by atoms with van der Waals surface area (Å²) in [6, 6.07) is 10.5. The molecule has 0 fully saturated rings. The van der Waals surface area contributed by atoms with Gasteiger partial charge >= 0.3 is 0 Å². The van der Waals surface area contributed by atoms with Crippen molar-refractivity contribution in [3.8, 4) is 5.75 Å². The number of rotatable bonds is 5. The number of aromatic amines is 1. The molecule has 0 spiro atoms. The number of carbonyl (C=O) groups excluding carboxylic acids is 1. The first-order valence-electron chi connectivity index (χ1n) is 6.96. The molecule has 0 aliphatic carbocycles. The third-order valence-corrected chi connectivity index (χ3v) is 4.63. The van der Waals surface area contributed by atoms with Gasteiger partial charge in [0.25, 0.3) is 0 Å². The van der Waals surface area contributed by atoms with E-state index in [0.29, 0.717) is 20.9 Å². The van der Waals surface area contributed by atoms with Gasteiger partial charge in [0.1, 0.15) is 5.75 Å². The van der Waals surface area contributed by atoms with E-state index in [0.717, 1.165) is 16.8 Å².